The molecular weight excluding hydrogens is 260 g/mol. The number of anilines is 1. The van der Waals surface area contributed by atoms with Gasteiger partial charge in [-0.2, -0.15) is 0 Å². The van der Waals surface area contributed by atoms with E-state index in [0.717, 1.165) is 33.8 Å². The molecule has 3 rings (SSSR count). The third kappa shape index (κ3) is 2.15. The van der Waals surface area contributed by atoms with Crippen LogP contribution in [0.4, 0.5) is 5.69 Å². The van der Waals surface area contributed by atoms with Gasteiger partial charge < -0.3 is 15.5 Å². The van der Waals surface area contributed by atoms with Crippen molar-refractivity contribution in [2.24, 2.45) is 0 Å². The molecule has 3 N–H and O–H groups in total. The van der Waals surface area contributed by atoms with Gasteiger partial charge in [-0.15, -0.1) is 0 Å². The quantitative estimate of drug-likeness (QED) is 0.686. The van der Waals surface area contributed by atoms with Crippen LogP contribution in [0.1, 0.15) is 16.7 Å². The van der Waals surface area contributed by atoms with Crippen molar-refractivity contribution in [2.45, 2.75) is 20.8 Å². The molecule has 0 saturated carbocycles. The topological polar surface area (TPSA) is 51.0 Å². The fourth-order valence-corrected chi connectivity index (χ4v) is 3.05. The second-order valence-corrected chi connectivity index (χ2v) is 5.57. The van der Waals surface area contributed by atoms with Gasteiger partial charge in [0.1, 0.15) is 5.75 Å². The van der Waals surface area contributed by atoms with Crippen molar-refractivity contribution in [3.8, 4) is 17.0 Å². The molecule has 0 unspecified atom stereocenters. The lowest BCUT2D eigenvalue weighted by Gasteiger charge is -2.11. The molecule has 0 fully saturated rings. The highest BCUT2D eigenvalue weighted by Crippen LogP contribution is 2.34. The molecule has 21 heavy (non-hydrogen) atoms. The van der Waals surface area contributed by atoms with E-state index in [4.69, 9.17) is 10.5 Å². The first-order valence-corrected chi connectivity index (χ1v) is 7.04. The first kappa shape index (κ1) is 13.6. The zero-order chi connectivity index (χ0) is 15.1. The van der Waals surface area contributed by atoms with E-state index in [9.17, 15) is 0 Å². The van der Waals surface area contributed by atoms with Gasteiger partial charge in [0.05, 0.1) is 7.11 Å². The van der Waals surface area contributed by atoms with E-state index in [1.165, 1.54) is 16.5 Å². The summed E-state index contributed by atoms with van der Waals surface area (Å²) >= 11 is 0. The summed E-state index contributed by atoms with van der Waals surface area (Å²) in [4.78, 5) is 3.50. The van der Waals surface area contributed by atoms with Gasteiger partial charge in [-0.3, -0.25) is 0 Å². The Bertz CT molecular complexity index is 808. The highest BCUT2D eigenvalue weighted by Gasteiger charge is 2.12. The molecule has 108 valence electrons. The van der Waals surface area contributed by atoms with Gasteiger partial charge in [-0.25, -0.2) is 0 Å². The minimum absolute atomic E-state index is 0.790. The summed E-state index contributed by atoms with van der Waals surface area (Å²) in [6, 6.07) is 10.3. The summed E-state index contributed by atoms with van der Waals surface area (Å²) in [6.45, 7) is 6.28. The van der Waals surface area contributed by atoms with Crippen molar-refractivity contribution in [2.75, 3.05) is 12.8 Å². The number of H-pyrrole nitrogens is 1. The monoisotopic (exact) mass is 280 g/mol. The standard InChI is InChI=1S/C18H20N2O/c1-10-7-13(8-11(2)18(10)21-4)17-12(3)15-9-14(19)5-6-16(15)20-17/h5-9,20H,19H2,1-4H3. The van der Waals surface area contributed by atoms with Crippen LogP contribution >= 0.6 is 0 Å². The Morgan fingerprint density at radius 2 is 1.67 bits per heavy atom. The fourth-order valence-electron chi connectivity index (χ4n) is 3.05. The molecule has 0 atom stereocenters. The zero-order valence-corrected chi connectivity index (χ0v) is 12.9. The zero-order valence-electron chi connectivity index (χ0n) is 12.9. The van der Waals surface area contributed by atoms with Gasteiger partial charge >= 0.3 is 0 Å². The number of hydrogen-bond donors (Lipinski definition) is 2. The van der Waals surface area contributed by atoms with E-state index in [2.05, 4.69) is 37.9 Å². The molecule has 3 nitrogen and oxygen atoms in total. The lowest BCUT2D eigenvalue weighted by atomic mass is 10.0. The van der Waals surface area contributed by atoms with Crippen molar-refractivity contribution in [1.29, 1.82) is 0 Å². The smallest absolute Gasteiger partial charge is 0.124 e. The molecular formula is C18H20N2O. The van der Waals surface area contributed by atoms with Crippen molar-refractivity contribution in [1.82, 2.24) is 4.98 Å². The SMILES string of the molecule is COc1c(C)cc(-c2[nH]c3ccc(N)cc3c2C)cc1C. The lowest BCUT2D eigenvalue weighted by molar-refractivity contribution is 0.408. The minimum atomic E-state index is 0.790. The summed E-state index contributed by atoms with van der Waals surface area (Å²) in [7, 11) is 1.71. The maximum atomic E-state index is 5.90. The number of aryl methyl sites for hydroxylation is 3. The van der Waals surface area contributed by atoms with E-state index in [0.29, 0.717) is 0 Å². The molecule has 1 aromatic heterocycles. The van der Waals surface area contributed by atoms with E-state index >= 15 is 0 Å². The van der Waals surface area contributed by atoms with Crippen LogP contribution in [-0.4, -0.2) is 12.1 Å². The van der Waals surface area contributed by atoms with Crippen LogP contribution in [0.3, 0.4) is 0 Å². The molecule has 0 radical (unpaired) electrons. The summed E-state index contributed by atoms with van der Waals surface area (Å²) in [6.07, 6.45) is 0. The number of aromatic nitrogens is 1. The number of fused-ring (bicyclic) bond motifs is 1. The number of nitrogens with two attached hydrogens (primary N) is 1. The predicted octanol–water partition coefficient (Wildman–Crippen LogP) is 4.35. The number of rotatable bonds is 2. The van der Waals surface area contributed by atoms with Gasteiger partial charge in [0.15, 0.2) is 0 Å². The maximum Gasteiger partial charge on any atom is 0.124 e. The molecule has 0 aliphatic heterocycles. The number of aromatic amines is 1. The van der Waals surface area contributed by atoms with E-state index in [-0.39, 0.29) is 0 Å². The Morgan fingerprint density at radius 1 is 1.00 bits per heavy atom. The minimum Gasteiger partial charge on any atom is -0.496 e. The predicted molar refractivity (Wildman–Crippen MR) is 88.9 cm³/mol. The summed E-state index contributed by atoms with van der Waals surface area (Å²) < 4.78 is 5.44. The Kier molecular flexibility index (Phi) is 3.13. The Labute approximate surface area is 124 Å². The number of nitrogens with one attached hydrogen (secondary N) is 1. The van der Waals surface area contributed by atoms with Crippen LogP contribution < -0.4 is 10.5 Å². The molecule has 1 heterocycles. The average molecular weight is 280 g/mol. The number of nitrogen functional groups attached to an aromatic ring is 1. The van der Waals surface area contributed by atoms with Gasteiger partial charge in [0.2, 0.25) is 0 Å². The fraction of sp³-hybridized carbons (Fsp3) is 0.222. The molecule has 0 saturated heterocycles. The normalized spacial score (nSPS) is 11.0. The lowest BCUT2D eigenvalue weighted by Crippen LogP contribution is -1.92. The first-order valence-electron chi connectivity index (χ1n) is 7.04. The van der Waals surface area contributed by atoms with Crippen molar-refractivity contribution in [3.63, 3.8) is 0 Å². The molecule has 2 aromatic carbocycles. The van der Waals surface area contributed by atoms with Gasteiger partial charge in [-0.1, -0.05) is 0 Å². The molecule has 0 aliphatic carbocycles. The van der Waals surface area contributed by atoms with Crippen LogP contribution in [0.25, 0.3) is 22.2 Å². The third-order valence-corrected chi connectivity index (χ3v) is 4.04. The maximum absolute atomic E-state index is 5.90. The molecule has 3 heteroatoms. The second-order valence-electron chi connectivity index (χ2n) is 5.57. The van der Waals surface area contributed by atoms with Gasteiger partial charge in [0.25, 0.3) is 0 Å². The van der Waals surface area contributed by atoms with Crippen LogP contribution in [-0.2, 0) is 0 Å². The van der Waals surface area contributed by atoms with Crippen LogP contribution in [0.5, 0.6) is 5.75 Å². The number of ether oxygens (including phenoxy) is 1. The molecule has 3 aromatic rings. The van der Waals surface area contributed by atoms with E-state index in [1.54, 1.807) is 7.11 Å². The van der Waals surface area contributed by atoms with E-state index in [1.807, 2.05) is 18.2 Å². The van der Waals surface area contributed by atoms with Crippen molar-refractivity contribution < 1.29 is 4.74 Å². The number of methoxy groups -OCH3 is 1. The van der Waals surface area contributed by atoms with Gasteiger partial charge in [-0.05, 0) is 73.4 Å². The summed E-state index contributed by atoms with van der Waals surface area (Å²) in [5.41, 5.74) is 13.6. The van der Waals surface area contributed by atoms with Crippen LogP contribution in [0.2, 0.25) is 0 Å². The summed E-state index contributed by atoms with van der Waals surface area (Å²) in [5.74, 6) is 0.955. The molecule has 0 amide bonds. The highest BCUT2D eigenvalue weighted by atomic mass is 16.5. The number of benzene rings is 2. The van der Waals surface area contributed by atoms with Gasteiger partial charge in [0, 0.05) is 22.3 Å². The van der Waals surface area contributed by atoms with E-state index < -0.39 is 0 Å². The Morgan fingerprint density at radius 3 is 2.29 bits per heavy atom. The third-order valence-electron chi connectivity index (χ3n) is 4.04. The second kappa shape index (κ2) is 4.85. The molecule has 0 aliphatic rings. The van der Waals surface area contributed by atoms with Crippen LogP contribution in [0, 0.1) is 20.8 Å². The van der Waals surface area contributed by atoms with Crippen molar-refractivity contribution in [3.05, 3.63) is 47.0 Å². The first-order chi connectivity index (χ1) is 10.0. The largest absolute Gasteiger partial charge is 0.496 e. The molecule has 0 bridgehead atoms. The Balaban J connectivity index is 2.23. The molecule has 0 spiro atoms. The highest BCUT2D eigenvalue weighted by molar-refractivity contribution is 5.92. The Hall–Kier alpha value is -2.42. The van der Waals surface area contributed by atoms with Crippen LogP contribution in [0.15, 0.2) is 30.3 Å². The van der Waals surface area contributed by atoms with Crippen molar-refractivity contribution >= 4 is 16.6 Å². The number of hydrogen-bond acceptors (Lipinski definition) is 2. The summed E-state index contributed by atoms with van der Waals surface area (Å²) in [5, 5.41) is 1.18. The average Bonchev–Trinajstić information content (AvgIpc) is 2.76.